The zero-order chi connectivity index (χ0) is 13.2. The molecule has 2 aliphatic rings. The van der Waals surface area contributed by atoms with Crippen molar-refractivity contribution in [3.05, 3.63) is 0 Å². The Morgan fingerprint density at radius 1 is 1.50 bits per heavy atom. The van der Waals surface area contributed by atoms with Crippen molar-refractivity contribution in [2.75, 3.05) is 39.0 Å². The molecule has 0 aromatic heterocycles. The number of piperidine rings is 1. The quantitative estimate of drug-likeness (QED) is 0.759. The van der Waals surface area contributed by atoms with Crippen LogP contribution >= 0.6 is 0 Å². The molecule has 0 amide bonds. The smallest absolute Gasteiger partial charge is 0.211 e. The Labute approximate surface area is 110 Å². The highest BCUT2D eigenvalue weighted by Crippen LogP contribution is 2.36. The van der Waals surface area contributed by atoms with E-state index in [1.54, 1.807) is 4.31 Å². The van der Waals surface area contributed by atoms with Gasteiger partial charge in [0.05, 0.1) is 6.26 Å². The standard InChI is InChI=1S/C12H24N2O3S/c1-18(16,17)14-6-2-3-11(8-14)7-12(10-15)4-5-13-9-12/h11,13,15H,2-10H2,1H3. The van der Waals surface area contributed by atoms with E-state index in [9.17, 15) is 13.5 Å². The fraction of sp³-hybridized carbons (Fsp3) is 1.00. The molecule has 2 aliphatic heterocycles. The molecule has 0 aliphatic carbocycles. The number of aliphatic hydroxyl groups excluding tert-OH is 1. The van der Waals surface area contributed by atoms with Crippen LogP contribution in [0.5, 0.6) is 0 Å². The van der Waals surface area contributed by atoms with Crippen LogP contribution in [0.15, 0.2) is 0 Å². The molecule has 0 radical (unpaired) electrons. The molecule has 2 fully saturated rings. The van der Waals surface area contributed by atoms with E-state index in [-0.39, 0.29) is 12.0 Å². The molecule has 106 valence electrons. The first-order chi connectivity index (χ1) is 8.45. The number of nitrogens with zero attached hydrogens (tertiary/aromatic N) is 1. The van der Waals surface area contributed by atoms with Crippen LogP contribution in [0.4, 0.5) is 0 Å². The van der Waals surface area contributed by atoms with Crippen LogP contribution in [0.2, 0.25) is 0 Å². The zero-order valence-electron chi connectivity index (χ0n) is 11.1. The highest BCUT2D eigenvalue weighted by Gasteiger charge is 2.37. The lowest BCUT2D eigenvalue weighted by Gasteiger charge is -2.36. The second kappa shape index (κ2) is 5.45. The van der Waals surface area contributed by atoms with E-state index in [1.807, 2.05) is 0 Å². The van der Waals surface area contributed by atoms with Gasteiger partial charge in [-0.1, -0.05) is 0 Å². The summed E-state index contributed by atoms with van der Waals surface area (Å²) in [5.41, 5.74) is -0.0226. The lowest BCUT2D eigenvalue weighted by atomic mass is 9.77. The molecular weight excluding hydrogens is 252 g/mol. The van der Waals surface area contributed by atoms with Crippen molar-refractivity contribution < 1.29 is 13.5 Å². The van der Waals surface area contributed by atoms with E-state index in [0.29, 0.717) is 19.0 Å². The Bertz CT molecular complexity index is 377. The van der Waals surface area contributed by atoms with Crippen LogP contribution in [0.25, 0.3) is 0 Å². The predicted molar refractivity (Wildman–Crippen MR) is 70.8 cm³/mol. The number of aliphatic hydroxyl groups is 1. The van der Waals surface area contributed by atoms with Crippen molar-refractivity contribution in [3.63, 3.8) is 0 Å². The molecule has 0 aromatic rings. The SMILES string of the molecule is CS(=O)(=O)N1CCCC(CC2(CO)CCNC2)C1. The molecule has 2 saturated heterocycles. The summed E-state index contributed by atoms with van der Waals surface area (Å²) in [7, 11) is -3.06. The van der Waals surface area contributed by atoms with E-state index in [2.05, 4.69) is 5.32 Å². The molecule has 2 heterocycles. The lowest BCUT2D eigenvalue weighted by molar-refractivity contribution is 0.0974. The number of rotatable bonds is 4. The molecule has 2 unspecified atom stereocenters. The van der Waals surface area contributed by atoms with Gasteiger partial charge in [0.1, 0.15) is 0 Å². The number of hydrogen-bond donors (Lipinski definition) is 2. The van der Waals surface area contributed by atoms with Gasteiger partial charge in [-0.2, -0.15) is 0 Å². The highest BCUT2D eigenvalue weighted by atomic mass is 32.2. The summed E-state index contributed by atoms with van der Waals surface area (Å²) in [6, 6.07) is 0. The first-order valence-corrected chi connectivity index (χ1v) is 8.57. The number of hydrogen-bond acceptors (Lipinski definition) is 4. The van der Waals surface area contributed by atoms with Crippen LogP contribution in [0.3, 0.4) is 0 Å². The van der Waals surface area contributed by atoms with Crippen molar-refractivity contribution in [1.82, 2.24) is 9.62 Å². The van der Waals surface area contributed by atoms with Crippen LogP contribution in [0.1, 0.15) is 25.7 Å². The van der Waals surface area contributed by atoms with Crippen molar-refractivity contribution in [2.24, 2.45) is 11.3 Å². The van der Waals surface area contributed by atoms with Gasteiger partial charge in [0, 0.05) is 31.7 Å². The Kier molecular flexibility index (Phi) is 4.31. The van der Waals surface area contributed by atoms with Gasteiger partial charge in [-0.3, -0.25) is 0 Å². The summed E-state index contributed by atoms with van der Waals surface area (Å²) in [6.07, 6.45) is 5.23. The maximum Gasteiger partial charge on any atom is 0.211 e. The van der Waals surface area contributed by atoms with Crippen molar-refractivity contribution in [1.29, 1.82) is 0 Å². The van der Waals surface area contributed by atoms with Gasteiger partial charge < -0.3 is 10.4 Å². The van der Waals surface area contributed by atoms with Gasteiger partial charge >= 0.3 is 0 Å². The summed E-state index contributed by atoms with van der Waals surface area (Å²) in [4.78, 5) is 0. The monoisotopic (exact) mass is 276 g/mol. The lowest BCUT2D eigenvalue weighted by Crippen LogP contribution is -2.42. The minimum atomic E-state index is -3.06. The average molecular weight is 276 g/mol. The third kappa shape index (κ3) is 3.23. The van der Waals surface area contributed by atoms with Gasteiger partial charge in [-0.25, -0.2) is 12.7 Å². The molecular formula is C12H24N2O3S. The van der Waals surface area contributed by atoms with Gasteiger partial charge in [0.15, 0.2) is 0 Å². The fourth-order valence-corrected chi connectivity index (χ4v) is 4.22. The molecule has 18 heavy (non-hydrogen) atoms. The molecule has 5 nitrogen and oxygen atoms in total. The molecule has 0 spiro atoms. The Morgan fingerprint density at radius 2 is 2.28 bits per heavy atom. The van der Waals surface area contributed by atoms with E-state index in [0.717, 1.165) is 38.8 Å². The minimum Gasteiger partial charge on any atom is -0.396 e. The van der Waals surface area contributed by atoms with E-state index in [4.69, 9.17) is 0 Å². The van der Waals surface area contributed by atoms with Crippen molar-refractivity contribution in [2.45, 2.75) is 25.7 Å². The molecule has 2 atom stereocenters. The zero-order valence-corrected chi connectivity index (χ0v) is 11.9. The summed E-state index contributed by atoms with van der Waals surface area (Å²) in [6.45, 7) is 3.30. The van der Waals surface area contributed by atoms with E-state index < -0.39 is 10.0 Å². The summed E-state index contributed by atoms with van der Waals surface area (Å²) >= 11 is 0. The topological polar surface area (TPSA) is 69.6 Å². The molecule has 2 N–H and O–H groups in total. The summed E-state index contributed by atoms with van der Waals surface area (Å²) in [5.74, 6) is 0.389. The second-order valence-corrected chi connectivity index (χ2v) is 7.90. The van der Waals surface area contributed by atoms with Crippen molar-refractivity contribution >= 4 is 10.0 Å². The van der Waals surface area contributed by atoms with Gasteiger partial charge in [-0.15, -0.1) is 0 Å². The third-order valence-corrected chi connectivity index (χ3v) is 5.61. The summed E-state index contributed by atoms with van der Waals surface area (Å²) < 4.78 is 24.8. The van der Waals surface area contributed by atoms with Crippen molar-refractivity contribution in [3.8, 4) is 0 Å². The maximum atomic E-state index is 11.6. The molecule has 0 aromatic carbocycles. The Hall–Kier alpha value is -0.170. The number of sulfonamides is 1. The minimum absolute atomic E-state index is 0.0226. The van der Waals surface area contributed by atoms with Crippen LogP contribution in [0, 0.1) is 11.3 Å². The van der Waals surface area contributed by atoms with Gasteiger partial charge in [0.25, 0.3) is 0 Å². The third-order valence-electron chi connectivity index (χ3n) is 4.34. The first kappa shape index (κ1) is 14.2. The molecule has 0 bridgehead atoms. The van der Waals surface area contributed by atoms with Crippen LogP contribution in [-0.2, 0) is 10.0 Å². The molecule has 6 heteroatoms. The molecule has 0 saturated carbocycles. The predicted octanol–water partition coefficient (Wildman–Crippen LogP) is 0.0201. The first-order valence-electron chi connectivity index (χ1n) is 6.72. The summed E-state index contributed by atoms with van der Waals surface area (Å²) in [5, 5.41) is 12.9. The van der Waals surface area contributed by atoms with E-state index >= 15 is 0 Å². The fourth-order valence-electron chi connectivity index (χ4n) is 3.28. The van der Waals surface area contributed by atoms with Gasteiger partial charge in [-0.05, 0) is 38.1 Å². The molecule has 2 rings (SSSR count). The Balaban J connectivity index is 1.97. The van der Waals surface area contributed by atoms with Gasteiger partial charge in [0.2, 0.25) is 10.0 Å². The highest BCUT2D eigenvalue weighted by molar-refractivity contribution is 7.88. The van der Waals surface area contributed by atoms with Crippen LogP contribution in [-0.4, -0.2) is 56.9 Å². The maximum absolute atomic E-state index is 11.6. The normalized spacial score (nSPS) is 34.9. The van der Waals surface area contributed by atoms with Crippen LogP contribution < -0.4 is 5.32 Å². The van der Waals surface area contributed by atoms with E-state index in [1.165, 1.54) is 6.26 Å². The number of nitrogens with one attached hydrogen (secondary N) is 1. The Morgan fingerprint density at radius 3 is 2.83 bits per heavy atom. The second-order valence-electron chi connectivity index (χ2n) is 5.92. The average Bonchev–Trinajstić information content (AvgIpc) is 2.77. The largest absolute Gasteiger partial charge is 0.396 e.